The van der Waals surface area contributed by atoms with E-state index < -0.39 is 11.5 Å². The molecule has 2 unspecified atom stereocenters. The largest absolute Gasteiger partial charge is 0.480 e. The highest BCUT2D eigenvalue weighted by molar-refractivity contribution is 5.80. The molecule has 0 heterocycles. The van der Waals surface area contributed by atoms with Gasteiger partial charge >= 0.3 is 5.97 Å². The minimum atomic E-state index is -0.663. The number of carboxylic acids is 1. The Balaban J connectivity index is 1.55. The van der Waals surface area contributed by atoms with Crippen molar-refractivity contribution >= 4 is 5.97 Å². The monoisotopic (exact) mass is 267 g/mol. The van der Waals surface area contributed by atoms with E-state index in [-0.39, 0.29) is 5.92 Å². The summed E-state index contributed by atoms with van der Waals surface area (Å²) in [6.07, 6.45) is 10.1. The molecule has 0 spiro atoms. The molecular weight excluding hydrogens is 242 g/mol. The molecule has 3 aliphatic carbocycles. The second-order valence-electron chi connectivity index (χ2n) is 6.50. The number of hydrogen-bond donors (Lipinski definition) is 2. The van der Waals surface area contributed by atoms with Gasteiger partial charge in [0.25, 0.3) is 0 Å². The van der Waals surface area contributed by atoms with Crippen molar-refractivity contribution in [3.8, 4) is 0 Å². The van der Waals surface area contributed by atoms with Gasteiger partial charge in [0.15, 0.2) is 0 Å². The zero-order valence-corrected chi connectivity index (χ0v) is 11.6. The summed E-state index contributed by atoms with van der Waals surface area (Å²) in [5.41, 5.74) is -0.663. The highest BCUT2D eigenvalue weighted by Crippen LogP contribution is 2.41. The van der Waals surface area contributed by atoms with Crippen molar-refractivity contribution in [2.24, 2.45) is 5.92 Å². The quantitative estimate of drug-likeness (QED) is 0.743. The molecule has 4 nitrogen and oxygen atoms in total. The van der Waals surface area contributed by atoms with Gasteiger partial charge < -0.3 is 9.84 Å². The van der Waals surface area contributed by atoms with Gasteiger partial charge in [-0.05, 0) is 57.3 Å². The first-order valence-corrected chi connectivity index (χ1v) is 7.83. The van der Waals surface area contributed by atoms with E-state index in [0.717, 1.165) is 45.1 Å². The first-order chi connectivity index (χ1) is 9.21. The van der Waals surface area contributed by atoms with Gasteiger partial charge in [0, 0.05) is 12.6 Å². The number of aliphatic carboxylic acids is 1. The van der Waals surface area contributed by atoms with Crippen LogP contribution in [0.4, 0.5) is 0 Å². The standard InChI is InChI=1S/C15H25NO3/c17-14(18)15(16-12-6-7-12)9-2-3-11(15)8-10-19-13-4-1-5-13/h11-13,16H,1-10H2,(H,17,18). The Labute approximate surface area is 114 Å². The van der Waals surface area contributed by atoms with Crippen LogP contribution in [0, 0.1) is 5.92 Å². The SMILES string of the molecule is O=C(O)C1(NC2CC2)CCCC1CCOC1CCC1. The predicted molar refractivity (Wildman–Crippen MR) is 72.1 cm³/mol. The third-order valence-corrected chi connectivity index (χ3v) is 5.11. The number of hydrogen-bond acceptors (Lipinski definition) is 3. The fraction of sp³-hybridized carbons (Fsp3) is 0.933. The molecule has 0 saturated heterocycles. The van der Waals surface area contributed by atoms with Crippen molar-refractivity contribution in [2.45, 2.75) is 75.5 Å². The van der Waals surface area contributed by atoms with E-state index in [1.165, 1.54) is 19.3 Å². The number of carboxylic acid groups (broad SMARTS) is 1. The van der Waals surface area contributed by atoms with Gasteiger partial charge in [-0.2, -0.15) is 0 Å². The van der Waals surface area contributed by atoms with Crippen molar-refractivity contribution in [2.75, 3.05) is 6.61 Å². The van der Waals surface area contributed by atoms with E-state index in [0.29, 0.717) is 12.1 Å². The molecule has 3 fully saturated rings. The average molecular weight is 267 g/mol. The second-order valence-corrected chi connectivity index (χ2v) is 6.50. The van der Waals surface area contributed by atoms with E-state index in [1.54, 1.807) is 0 Å². The third kappa shape index (κ3) is 2.79. The van der Waals surface area contributed by atoms with Crippen LogP contribution in [0.25, 0.3) is 0 Å². The zero-order valence-electron chi connectivity index (χ0n) is 11.6. The molecule has 3 saturated carbocycles. The van der Waals surface area contributed by atoms with Crippen LogP contribution in [-0.2, 0) is 9.53 Å². The van der Waals surface area contributed by atoms with Gasteiger partial charge in [-0.3, -0.25) is 10.1 Å². The molecule has 3 aliphatic rings. The third-order valence-electron chi connectivity index (χ3n) is 5.11. The normalized spacial score (nSPS) is 35.3. The van der Waals surface area contributed by atoms with Crippen LogP contribution in [0.1, 0.15) is 57.8 Å². The summed E-state index contributed by atoms with van der Waals surface area (Å²) in [6, 6.07) is 0.448. The van der Waals surface area contributed by atoms with E-state index in [1.807, 2.05) is 0 Å². The zero-order chi connectivity index (χ0) is 13.3. The first-order valence-electron chi connectivity index (χ1n) is 7.83. The van der Waals surface area contributed by atoms with Gasteiger partial charge in [0.05, 0.1) is 6.10 Å². The smallest absolute Gasteiger partial charge is 0.324 e. The molecule has 108 valence electrons. The lowest BCUT2D eigenvalue weighted by molar-refractivity contribution is -0.147. The number of ether oxygens (including phenoxy) is 1. The van der Waals surface area contributed by atoms with Crippen molar-refractivity contribution in [1.29, 1.82) is 0 Å². The Morgan fingerprint density at radius 3 is 2.58 bits per heavy atom. The van der Waals surface area contributed by atoms with Crippen molar-refractivity contribution < 1.29 is 14.6 Å². The maximum atomic E-state index is 11.8. The Bertz CT molecular complexity index is 338. The molecule has 2 N–H and O–H groups in total. The maximum Gasteiger partial charge on any atom is 0.324 e. The Morgan fingerprint density at radius 2 is 2.00 bits per heavy atom. The molecular formula is C15H25NO3. The lowest BCUT2D eigenvalue weighted by atomic mass is 9.84. The van der Waals surface area contributed by atoms with Crippen LogP contribution >= 0.6 is 0 Å². The van der Waals surface area contributed by atoms with Crippen LogP contribution < -0.4 is 5.32 Å². The molecule has 0 bridgehead atoms. The summed E-state index contributed by atoms with van der Waals surface area (Å²) in [5.74, 6) is -0.406. The summed E-state index contributed by atoms with van der Waals surface area (Å²) >= 11 is 0. The predicted octanol–water partition coefficient (Wildman–Crippen LogP) is 2.32. The molecule has 0 aromatic heterocycles. The van der Waals surface area contributed by atoms with E-state index >= 15 is 0 Å². The lowest BCUT2D eigenvalue weighted by Crippen LogP contribution is -2.56. The summed E-state index contributed by atoms with van der Waals surface area (Å²) in [6.45, 7) is 0.733. The Kier molecular flexibility index (Phi) is 3.81. The Hall–Kier alpha value is -0.610. The van der Waals surface area contributed by atoms with Gasteiger partial charge in [0.1, 0.15) is 5.54 Å². The first kappa shape index (κ1) is 13.4. The van der Waals surface area contributed by atoms with Gasteiger partial charge in [0.2, 0.25) is 0 Å². The maximum absolute atomic E-state index is 11.8. The highest BCUT2D eigenvalue weighted by Gasteiger charge is 2.51. The molecule has 2 atom stereocenters. The van der Waals surface area contributed by atoms with Crippen molar-refractivity contribution in [3.63, 3.8) is 0 Å². The van der Waals surface area contributed by atoms with E-state index in [4.69, 9.17) is 4.74 Å². The topological polar surface area (TPSA) is 58.6 Å². The number of carbonyl (C=O) groups is 1. The minimum Gasteiger partial charge on any atom is -0.480 e. The number of rotatable bonds is 7. The van der Waals surface area contributed by atoms with Crippen LogP contribution in [0.15, 0.2) is 0 Å². The fourth-order valence-electron chi connectivity index (χ4n) is 3.51. The van der Waals surface area contributed by atoms with Crippen LogP contribution in [0.5, 0.6) is 0 Å². The summed E-state index contributed by atoms with van der Waals surface area (Å²) < 4.78 is 5.81. The second kappa shape index (κ2) is 5.41. The molecule has 0 aromatic rings. The highest BCUT2D eigenvalue weighted by atomic mass is 16.5. The van der Waals surface area contributed by atoms with Gasteiger partial charge in [-0.25, -0.2) is 0 Å². The van der Waals surface area contributed by atoms with Crippen LogP contribution in [0.2, 0.25) is 0 Å². The van der Waals surface area contributed by atoms with Crippen LogP contribution in [0.3, 0.4) is 0 Å². The molecule has 19 heavy (non-hydrogen) atoms. The average Bonchev–Trinajstić information content (AvgIpc) is 3.02. The van der Waals surface area contributed by atoms with E-state index in [9.17, 15) is 9.90 Å². The molecule has 3 rings (SSSR count). The minimum absolute atomic E-state index is 0.241. The van der Waals surface area contributed by atoms with E-state index in [2.05, 4.69) is 5.32 Å². The molecule has 4 heteroatoms. The van der Waals surface area contributed by atoms with Crippen LogP contribution in [-0.4, -0.2) is 35.4 Å². The van der Waals surface area contributed by atoms with Gasteiger partial charge in [-0.1, -0.05) is 6.42 Å². The van der Waals surface area contributed by atoms with Crippen molar-refractivity contribution in [1.82, 2.24) is 5.32 Å². The molecule has 0 amide bonds. The number of nitrogens with one attached hydrogen (secondary N) is 1. The van der Waals surface area contributed by atoms with Gasteiger partial charge in [-0.15, -0.1) is 0 Å². The summed E-state index contributed by atoms with van der Waals surface area (Å²) in [7, 11) is 0. The molecule has 0 aliphatic heterocycles. The van der Waals surface area contributed by atoms with Crippen molar-refractivity contribution in [3.05, 3.63) is 0 Å². The Morgan fingerprint density at radius 1 is 1.21 bits per heavy atom. The summed E-state index contributed by atoms with van der Waals surface area (Å²) in [4.78, 5) is 11.8. The summed E-state index contributed by atoms with van der Waals surface area (Å²) in [5, 5.41) is 13.1. The molecule has 0 aromatic carbocycles. The fourth-order valence-corrected chi connectivity index (χ4v) is 3.51. The lowest BCUT2D eigenvalue weighted by Gasteiger charge is -2.33. The molecule has 0 radical (unpaired) electrons.